The summed E-state index contributed by atoms with van der Waals surface area (Å²) in [6, 6.07) is 31.2. The first-order valence-corrected chi connectivity index (χ1v) is 12.2. The normalized spacial score (nSPS) is 18.0. The first-order valence-electron chi connectivity index (χ1n) is 12.2. The molecule has 1 aliphatic heterocycles. The van der Waals surface area contributed by atoms with Gasteiger partial charge in [-0.25, -0.2) is 9.97 Å². The average molecular weight is 478 g/mol. The molecule has 2 N–H and O–H groups in total. The molecule has 1 fully saturated rings. The number of fused-ring (bicyclic) bond motifs is 1. The van der Waals surface area contributed by atoms with E-state index in [1.807, 2.05) is 18.2 Å². The highest BCUT2D eigenvalue weighted by molar-refractivity contribution is 5.50. The molecule has 180 valence electrons. The molecule has 36 heavy (non-hydrogen) atoms. The zero-order chi connectivity index (χ0) is 24.4. The monoisotopic (exact) mass is 477 g/mol. The van der Waals surface area contributed by atoms with Gasteiger partial charge in [-0.05, 0) is 29.5 Å². The van der Waals surface area contributed by atoms with E-state index >= 15 is 0 Å². The van der Waals surface area contributed by atoms with Crippen LogP contribution in [0.4, 0.5) is 5.95 Å². The summed E-state index contributed by atoms with van der Waals surface area (Å²) < 4.78 is 15.0. The fourth-order valence-electron chi connectivity index (χ4n) is 5.12. The lowest BCUT2D eigenvalue weighted by Crippen LogP contribution is -2.35. The van der Waals surface area contributed by atoms with Crippen LogP contribution >= 0.6 is 0 Å². The van der Waals surface area contributed by atoms with Gasteiger partial charge in [0.05, 0.1) is 25.0 Å². The van der Waals surface area contributed by atoms with Gasteiger partial charge >= 0.3 is 0 Å². The van der Waals surface area contributed by atoms with Gasteiger partial charge in [0, 0.05) is 5.56 Å². The van der Waals surface area contributed by atoms with E-state index in [0.717, 1.165) is 35.1 Å². The van der Waals surface area contributed by atoms with Crippen molar-refractivity contribution in [3.05, 3.63) is 126 Å². The van der Waals surface area contributed by atoms with Gasteiger partial charge in [0.1, 0.15) is 11.9 Å². The summed E-state index contributed by atoms with van der Waals surface area (Å²) in [4.78, 5) is 8.39. The molecule has 0 bridgehead atoms. The van der Waals surface area contributed by atoms with E-state index in [9.17, 15) is 0 Å². The second-order valence-electron chi connectivity index (χ2n) is 8.98. The molecule has 2 aromatic heterocycles. The SMILES string of the molecule is Nc1ncnc2c(C3CC[C@H](COC(c4ccccc4)(c4ccccc4)c4ccccc4)O3)cnn12. The largest absolute Gasteiger partial charge is 0.368 e. The van der Waals surface area contributed by atoms with Crippen molar-refractivity contribution in [2.45, 2.75) is 30.7 Å². The van der Waals surface area contributed by atoms with Crippen molar-refractivity contribution in [1.82, 2.24) is 19.6 Å². The summed E-state index contributed by atoms with van der Waals surface area (Å²) in [6.07, 6.45) is 4.77. The highest BCUT2D eigenvalue weighted by atomic mass is 16.6. The molecule has 0 radical (unpaired) electrons. The molecule has 0 saturated carbocycles. The Morgan fingerprint density at radius 3 is 2.00 bits per heavy atom. The van der Waals surface area contributed by atoms with Crippen molar-refractivity contribution in [2.75, 3.05) is 12.3 Å². The van der Waals surface area contributed by atoms with E-state index in [1.54, 1.807) is 10.7 Å². The number of hydrogen-bond acceptors (Lipinski definition) is 6. The van der Waals surface area contributed by atoms with Crippen molar-refractivity contribution >= 4 is 11.6 Å². The number of hydrogen-bond donors (Lipinski definition) is 1. The van der Waals surface area contributed by atoms with Gasteiger partial charge < -0.3 is 15.2 Å². The Labute approximate surface area is 209 Å². The standard InChI is InChI=1S/C29H27N5O2/c30-28-32-20-31-27-25(18-33-34(27)28)26-17-16-24(36-26)19-35-29(21-10-4-1-5-11-21,22-12-6-2-7-13-22)23-14-8-3-9-15-23/h1-15,18,20,24,26H,16-17,19H2,(H2,30,31,32)/t24-,26?/m1/s1. The Bertz CT molecular complexity index is 1340. The first-order chi connectivity index (χ1) is 17.8. The molecule has 0 aliphatic carbocycles. The van der Waals surface area contributed by atoms with Crippen LogP contribution in [-0.4, -0.2) is 32.3 Å². The van der Waals surface area contributed by atoms with Crippen LogP contribution in [0.5, 0.6) is 0 Å². The Morgan fingerprint density at radius 2 is 1.42 bits per heavy atom. The van der Waals surface area contributed by atoms with Gasteiger partial charge in [-0.2, -0.15) is 9.61 Å². The Morgan fingerprint density at radius 1 is 0.833 bits per heavy atom. The number of nitrogens with two attached hydrogens (primary N) is 1. The molecule has 3 aromatic carbocycles. The van der Waals surface area contributed by atoms with Crippen LogP contribution in [-0.2, 0) is 15.1 Å². The summed E-state index contributed by atoms with van der Waals surface area (Å²) in [5.74, 6) is 0.308. The zero-order valence-electron chi connectivity index (χ0n) is 19.8. The van der Waals surface area contributed by atoms with Crippen LogP contribution in [0.1, 0.15) is 41.2 Å². The summed E-state index contributed by atoms with van der Waals surface area (Å²) in [6.45, 7) is 0.436. The minimum Gasteiger partial charge on any atom is -0.368 e. The van der Waals surface area contributed by atoms with Crippen molar-refractivity contribution in [3.63, 3.8) is 0 Å². The third-order valence-corrected chi connectivity index (χ3v) is 6.84. The van der Waals surface area contributed by atoms with Crippen molar-refractivity contribution < 1.29 is 9.47 Å². The Hall–Kier alpha value is -4.07. The lowest BCUT2D eigenvalue weighted by Gasteiger charge is -2.36. The van der Waals surface area contributed by atoms with Crippen LogP contribution < -0.4 is 5.73 Å². The molecule has 0 amide bonds. The van der Waals surface area contributed by atoms with Crippen LogP contribution in [0.3, 0.4) is 0 Å². The lowest BCUT2D eigenvalue weighted by atomic mass is 9.80. The third kappa shape index (κ3) is 3.92. The Kier molecular flexibility index (Phi) is 5.93. The van der Waals surface area contributed by atoms with Crippen LogP contribution in [0.2, 0.25) is 0 Å². The van der Waals surface area contributed by atoms with E-state index in [4.69, 9.17) is 15.2 Å². The fourth-order valence-corrected chi connectivity index (χ4v) is 5.12. The number of ether oxygens (including phenoxy) is 2. The predicted molar refractivity (Wildman–Crippen MR) is 137 cm³/mol. The lowest BCUT2D eigenvalue weighted by molar-refractivity contribution is -0.0620. The van der Waals surface area contributed by atoms with Crippen molar-refractivity contribution in [1.29, 1.82) is 0 Å². The smallest absolute Gasteiger partial charge is 0.224 e. The van der Waals surface area contributed by atoms with Crippen LogP contribution in [0.25, 0.3) is 5.65 Å². The fraction of sp³-hybridized carbons (Fsp3) is 0.207. The summed E-state index contributed by atoms with van der Waals surface area (Å²) >= 11 is 0. The van der Waals surface area contributed by atoms with E-state index in [0.29, 0.717) is 18.2 Å². The zero-order valence-corrected chi connectivity index (χ0v) is 19.8. The summed E-state index contributed by atoms with van der Waals surface area (Å²) in [5, 5.41) is 4.35. The molecule has 0 spiro atoms. The van der Waals surface area contributed by atoms with Gasteiger partial charge in [-0.15, -0.1) is 0 Å². The molecule has 5 aromatic rings. The Balaban J connectivity index is 1.32. The topological polar surface area (TPSA) is 87.6 Å². The van der Waals surface area contributed by atoms with E-state index in [1.165, 1.54) is 6.33 Å². The minimum atomic E-state index is -0.767. The predicted octanol–water partition coefficient (Wildman–Crippen LogP) is 4.94. The third-order valence-electron chi connectivity index (χ3n) is 6.84. The van der Waals surface area contributed by atoms with Gasteiger partial charge in [0.15, 0.2) is 5.65 Å². The number of aromatic nitrogens is 4. The second kappa shape index (κ2) is 9.53. The summed E-state index contributed by atoms with van der Waals surface area (Å²) in [7, 11) is 0. The van der Waals surface area contributed by atoms with Crippen LogP contribution in [0, 0.1) is 0 Å². The number of benzene rings is 3. The highest BCUT2D eigenvalue weighted by Crippen LogP contribution is 2.42. The maximum Gasteiger partial charge on any atom is 0.224 e. The highest BCUT2D eigenvalue weighted by Gasteiger charge is 2.39. The van der Waals surface area contributed by atoms with Crippen molar-refractivity contribution in [3.8, 4) is 0 Å². The first kappa shape index (κ1) is 22.4. The van der Waals surface area contributed by atoms with E-state index < -0.39 is 5.60 Å². The molecule has 2 atom stereocenters. The van der Waals surface area contributed by atoms with E-state index in [-0.39, 0.29) is 12.2 Å². The maximum absolute atomic E-state index is 6.95. The van der Waals surface area contributed by atoms with Gasteiger partial charge in [-0.3, -0.25) is 0 Å². The number of nitrogens with zero attached hydrogens (tertiary/aromatic N) is 4. The molecular formula is C29H27N5O2. The van der Waals surface area contributed by atoms with Crippen molar-refractivity contribution in [2.24, 2.45) is 0 Å². The number of rotatable bonds is 7. The number of nitrogen functional groups attached to an aromatic ring is 1. The van der Waals surface area contributed by atoms with E-state index in [2.05, 4.69) is 87.9 Å². The molecule has 1 aliphatic rings. The van der Waals surface area contributed by atoms with Gasteiger partial charge in [0.25, 0.3) is 0 Å². The van der Waals surface area contributed by atoms with Crippen LogP contribution in [0.15, 0.2) is 104 Å². The number of anilines is 1. The molecule has 1 saturated heterocycles. The average Bonchev–Trinajstić information content (AvgIpc) is 3.59. The molecular weight excluding hydrogens is 450 g/mol. The van der Waals surface area contributed by atoms with Gasteiger partial charge in [0.2, 0.25) is 5.95 Å². The maximum atomic E-state index is 6.95. The minimum absolute atomic E-state index is 0.0698. The molecule has 3 heterocycles. The summed E-state index contributed by atoms with van der Waals surface area (Å²) in [5.41, 5.74) is 10.0. The molecule has 7 nitrogen and oxygen atoms in total. The van der Waals surface area contributed by atoms with Gasteiger partial charge in [-0.1, -0.05) is 91.0 Å². The quantitative estimate of drug-likeness (QED) is 0.334. The molecule has 1 unspecified atom stereocenters. The molecule has 6 rings (SSSR count). The second-order valence-corrected chi connectivity index (χ2v) is 8.98. The molecule has 7 heteroatoms.